The third kappa shape index (κ3) is 12.8. The van der Waals surface area contributed by atoms with Crippen LogP contribution < -0.4 is 20.7 Å². The Kier molecular flexibility index (Phi) is 16.6. The molecular weight excluding hydrogens is 1010 g/mol. The second-order valence-corrected chi connectivity index (χ2v) is 23.6. The number of piperazine rings is 1. The number of aryl methyl sites for hydroxylation is 2. The fourth-order valence-electron chi connectivity index (χ4n) is 11.2. The van der Waals surface area contributed by atoms with Crippen molar-refractivity contribution >= 4 is 35.0 Å². The number of rotatable bonds is 17. The number of aliphatic hydroxyl groups is 1. The molecule has 3 atom stereocenters. The minimum atomic E-state index is -4.72. The number of aliphatic hydroxyl groups excluding tert-OH is 1. The number of benzene rings is 3. The number of ether oxygens (including phenoxy) is 1. The number of nitrogens with zero attached hydrogens (tertiary/aromatic N) is 8. The summed E-state index contributed by atoms with van der Waals surface area (Å²) in [6.07, 6.45) is -2.64. The summed E-state index contributed by atoms with van der Waals surface area (Å²) in [6.45, 7) is 19.2. The summed E-state index contributed by atoms with van der Waals surface area (Å²) in [5.74, 6) is -1.36. The van der Waals surface area contributed by atoms with E-state index in [1.807, 2.05) is 91.4 Å². The normalized spacial score (nSPS) is 20.9. The molecule has 4 N–H and O–H groups in total. The van der Waals surface area contributed by atoms with Gasteiger partial charge in [0.1, 0.15) is 23.9 Å². The highest BCUT2D eigenvalue weighted by Gasteiger charge is 2.64. The van der Waals surface area contributed by atoms with Gasteiger partial charge in [-0.2, -0.15) is 18.4 Å². The van der Waals surface area contributed by atoms with Crippen molar-refractivity contribution < 1.29 is 42.2 Å². The van der Waals surface area contributed by atoms with Gasteiger partial charge in [0, 0.05) is 68.1 Å². The molecule has 2 aromatic heterocycles. The molecule has 0 spiro atoms. The molecule has 1 saturated carbocycles. The molecule has 410 valence electrons. The highest BCUT2D eigenvalue weighted by molar-refractivity contribution is 7.13. The van der Waals surface area contributed by atoms with E-state index in [-0.39, 0.29) is 55.6 Å². The number of carbonyl (C=O) groups excluding carboxylic acids is 4. The first-order valence-corrected chi connectivity index (χ1v) is 26.8. The number of thiazole rings is 1. The first-order valence-electron chi connectivity index (χ1n) is 25.9. The van der Waals surface area contributed by atoms with Crippen LogP contribution in [0.4, 0.5) is 13.2 Å². The number of halogens is 3. The maximum absolute atomic E-state index is 14.2. The minimum Gasteiger partial charge on any atom is -0.489 e. The second-order valence-electron chi connectivity index (χ2n) is 22.7. The number of likely N-dealkylation sites (tertiary alicyclic amines) is 1. The van der Waals surface area contributed by atoms with E-state index < -0.39 is 63.7 Å². The fourth-order valence-corrected chi connectivity index (χ4v) is 12.0. The van der Waals surface area contributed by atoms with E-state index in [0.717, 1.165) is 71.3 Å². The van der Waals surface area contributed by atoms with Crippen LogP contribution in [-0.4, -0.2) is 140 Å². The van der Waals surface area contributed by atoms with E-state index in [9.17, 15) is 42.7 Å². The molecular formula is C56H68F3N11O6S. The van der Waals surface area contributed by atoms with Crippen LogP contribution in [0.1, 0.15) is 99.7 Å². The molecule has 2 aliphatic heterocycles. The predicted molar refractivity (Wildman–Crippen MR) is 284 cm³/mol. The average molecular weight is 1080 g/mol. The number of nitrogens with one attached hydrogen (secondary N) is 3. The summed E-state index contributed by atoms with van der Waals surface area (Å²) in [7, 11) is 0. The van der Waals surface area contributed by atoms with Crippen molar-refractivity contribution in [2.24, 2.45) is 16.2 Å². The van der Waals surface area contributed by atoms with Crippen LogP contribution in [-0.2, 0) is 33.5 Å². The lowest BCUT2D eigenvalue weighted by molar-refractivity contribution is -0.164. The molecule has 4 amide bonds. The molecule has 77 heavy (non-hydrogen) atoms. The zero-order chi connectivity index (χ0) is 55.6. The van der Waals surface area contributed by atoms with Crippen LogP contribution in [0.25, 0.3) is 16.1 Å². The molecule has 0 radical (unpaired) electrons. The van der Waals surface area contributed by atoms with Crippen LogP contribution in [0.15, 0.2) is 78.4 Å². The molecule has 21 heteroatoms. The van der Waals surface area contributed by atoms with E-state index in [4.69, 9.17) is 4.74 Å². The lowest BCUT2D eigenvalue weighted by Crippen LogP contribution is -2.74. The number of amides is 4. The third-order valence-electron chi connectivity index (χ3n) is 15.2. The van der Waals surface area contributed by atoms with E-state index in [2.05, 4.69) is 41.0 Å². The van der Waals surface area contributed by atoms with E-state index >= 15 is 0 Å². The van der Waals surface area contributed by atoms with Crippen molar-refractivity contribution in [2.75, 3.05) is 45.8 Å². The lowest BCUT2D eigenvalue weighted by Gasteiger charge is -2.63. The Balaban J connectivity index is 0.757. The topological polar surface area (TPSA) is 211 Å². The number of alkyl halides is 3. The van der Waals surface area contributed by atoms with E-state index in [0.29, 0.717) is 25.1 Å². The number of nitriles is 1. The summed E-state index contributed by atoms with van der Waals surface area (Å²) in [6, 6.07) is 17.6. The smallest absolute Gasteiger partial charge is 0.417 e. The van der Waals surface area contributed by atoms with Crippen LogP contribution in [0.5, 0.6) is 5.75 Å². The monoisotopic (exact) mass is 1080 g/mol. The lowest BCUT2D eigenvalue weighted by atomic mass is 9.49. The molecule has 4 heterocycles. The van der Waals surface area contributed by atoms with Gasteiger partial charge in [-0.05, 0) is 85.3 Å². The van der Waals surface area contributed by atoms with Crippen molar-refractivity contribution in [3.8, 4) is 27.9 Å². The van der Waals surface area contributed by atoms with Gasteiger partial charge in [-0.15, -0.1) is 16.4 Å². The summed E-state index contributed by atoms with van der Waals surface area (Å²) in [4.78, 5) is 66.1. The van der Waals surface area contributed by atoms with Gasteiger partial charge in [0.15, 0.2) is 0 Å². The Bertz CT molecular complexity index is 2960. The van der Waals surface area contributed by atoms with Crippen molar-refractivity contribution in [3.63, 3.8) is 0 Å². The Hall–Kier alpha value is -6.73. The van der Waals surface area contributed by atoms with E-state index in [1.54, 1.807) is 46.4 Å². The Labute approximate surface area is 451 Å². The highest BCUT2D eigenvalue weighted by atomic mass is 32.1. The number of carbonyl (C=O) groups is 4. The minimum absolute atomic E-state index is 0.00364. The van der Waals surface area contributed by atoms with Gasteiger partial charge in [0.05, 0.1) is 63.5 Å². The SMILES string of the molecule is Cc1ncsc1-c1ccc(CNC(=O)[C@@H]2C[C@@H](O)CN2C(=O)[C@@H](NC(=O)CN2CCN(CCCc3cn(-c4ccc(C(=O)N[C@H]5C(C)(C)[C@H](Oc6ccc(C#N)c(C(F)(F)F)c6)C5(C)C)cc4)nn3)CC2)C(C)(C)C)cc1. The predicted octanol–water partition coefficient (Wildman–Crippen LogP) is 6.56. The second kappa shape index (κ2) is 22.7. The zero-order valence-corrected chi connectivity index (χ0v) is 45.6. The van der Waals surface area contributed by atoms with Crippen molar-refractivity contribution in [3.05, 3.63) is 112 Å². The number of aromatic nitrogens is 4. The summed E-state index contributed by atoms with van der Waals surface area (Å²) in [5, 5.41) is 37.6. The average Bonchev–Trinajstić information content (AvgIpc) is 4.22. The van der Waals surface area contributed by atoms with Crippen LogP contribution in [0.3, 0.4) is 0 Å². The van der Waals surface area contributed by atoms with Crippen molar-refractivity contribution in [2.45, 2.75) is 118 Å². The molecule has 0 bridgehead atoms. The number of β-amino-alcohol motifs (C(OH)–C–C–N with tert-alkyl or cyclic N) is 1. The quantitative estimate of drug-likeness (QED) is 0.0781. The first-order chi connectivity index (χ1) is 36.3. The van der Waals surface area contributed by atoms with Gasteiger partial charge in [0.2, 0.25) is 17.7 Å². The van der Waals surface area contributed by atoms with Gasteiger partial charge in [-0.1, -0.05) is 77.9 Å². The molecule has 3 aliphatic rings. The third-order valence-corrected chi connectivity index (χ3v) is 16.1. The standard InChI is InChI=1S/C56H68F3N11O6S/c1-34-46(77-33-62-34)36-13-11-35(12-14-36)29-61-49(74)44-26-41(71)31-69(44)50(75)47(53(2,3)4)63-45(72)32-68-24-22-67(23-25-68)21-9-10-39-30-70(66-65-39)40-18-15-37(16-19-40)48(73)64-51-54(5,6)52(55(51,7)8)76-42-20-17-38(28-60)43(27-42)56(57,58)59/h11-20,27,30,33,41,44,47,51-52,71H,9-10,21-26,29,31-32H2,1-8H3,(H,61,74)(H,63,72)(H,64,73)/t41-,44+,47-,51-,52-/m1/s1. The summed E-state index contributed by atoms with van der Waals surface area (Å²) in [5.41, 5.74) is 3.14. The van der Waals surface area contributed by atoms with Gasteiger partial charge >= 0.3 is 6.18 Å². The molecule has 3 fully saturated rings. The number of hydrogen-bond donors (Lipinski definition) is 4. The molecule has 5 aromatic rings. The number of hydrogen-bond acceptors (Lipinski definition) is 13. The van der Waals surface area contributed by atoms with Gasteiger partial charge in [-0.3, -0.25) is 24.1 Å². The Morgan fingerprint density at radius 2 is 1.62 bits per heavy atom. The largest absolute Gasteiger partial charge is 0.489 e. The first kappa shape index (κ1) is 56.5. The molecule has 3 aromatic carbocycles. The maximum atomic E-state index is 14.2. The molecule has 0 unspecified atom stereocenters. The van der Waals surface area contributed by atoms with Crippen molar-refractivity contribution in [1.82, 2.24) is 50.6 Å². The van der Waals surface area contributed by atoms with E-state index in [1.165, 1.54) is 11.0 Å². The fraction of sp³-hybridized carbons (Fsp3) is 0.500. The van der Waals surface area contributed by atoms with Gasteiger partial charge < -0.3 is 35.6 Å². The molecule has 2 saturated heterocycles. The van der Waals surface area contributed by atoms with Gasteiger partial charge in [0.25, 0.3) is 5.91 Å². The summed E-state index contributed by atoms with van der Waals surface area (Å²) < 4.78 is 48.7. The van der Waals surface area contributed by atoms with Crippen LogP contribution in [0.2, 0.25) is 0 Å². The van der Waals surface area contributed by atoms with Gasteiger partial charge in [-0.25, -0.2) is 9.67 Å². The maximum Gasteiger partial charge on any atom is 0.417 e. The zero-order valence-electron chi connectivity index (χ0n) is 44.8. The highest BCUT2D eigenvalue weighted by Crippen LogP contribution is 2.56. The molecule has 17 nitrogen and oxygen atoms in total. The molecule has 1 aliphatic carbocycles. The Morgan fingerprint density at radius 1 is 0.948 bits per heavy atom. The van der Waals surface area contributed by atoms with Crippen molar-refractivity contribution in [1.29, 1.82) is 5.26 Å². The Morgan fingerprint density at radius 3 is 2.25 bits per heavy atom. The van der Waals surface area contributed by atoms with Crippen LogP contribution >= 0.6 is 11.3 Å². The summed E-state index contributed by atoms with van der Waals surface area (Å²) >= 11 is 1.57. The molecule has 8 rings (SSSR count). The van der Waals surface area contributed by atoms with Crippen LogP contribution in [0, 0.1) is 34.5 Å².